The van der Waals surface area contributed by atoms with E-state index in [9.17, 15) is 9.59 Å². The largest absolute Gasteiger partial charge is 0.298 e. The van der Waals surface area contributed by atoms with Crippen LogP contribution in [0.4, 0.5) is 0 Å². The molecule has 0 aliphatic heterocycles. The van der Waals surface area contributed by atoms with Gasteiger partial charge in [-0.3, -0.25) is 25.8 Å². The monoisotopic (exact) mass is 323 g/mol. The van der Waals surface area contributed by atoms with Crippen LogP contribution >= 0.6 is 23.8 Å². The van der Waals surface area contributed by atoms with Gasteiger partial charge < -0.3 is 0 Å². The van der Waals surface area contributed by atoms with Crippen LogP contribution in [0, 0.1) is 5.92 Å². The number of thiocarbonyl (C=S) groups is 1. The minimum Gasteiger partial charge on any atom is -0.298 e. The maximum atomic E-state index is 11.6. The highest BCUT2D eigenvalue weighted by molar-refractivity contribution is 7.80. The topological polar surface area (TPSA) is 70.2 Å². The molecule has 5 nitrogen and oxygen atoms in total. The van der Waals surface area contributed by atoms with E-state index in [0.29, 0.717) is 5.02 Å². The number of benzene rings is 1. The van der Waals surface area contributed by atoms with Crippen LogP contribution in [-0.4, -0.2) is 16.9 Å². The molecule has 21 heavy (non-hydrogen) atoms. The lowest BCUT2D eigenvalue weighted by atomic mass is 10.2. The van der Waals surface area contributed by atoms with Gasteiger partial charge in [0.25, 0.3) is 0 Å². The first kappa shape index (κ1) is 15.5. The molecule has 0 heterocycles. The van der Waals surface area contributed by atoms with Crippen molar-refractivity contribution in [3.8, 4) is 0 Å². The highest BCUT2D eigenvalue weighted by Crippen LogP contribution is 2.28. The smallest absolute Gasteiger partial charge is 0.250 e. The molecule has 1 saturated carbocycles. The average molecular weight is 324 g/mol. The van der Waals surface area contributed by atoms with Crippen LogP contribution in [0.15, 0.2) is 30.3 Å². The molecule has 0 bridgehead atoms. The van der Waals surface area contributed by atoms with Crippen molar-refractivity contribution in [2.45, 2.75) is 12.8 Å². The average Bonchev–Trinajstić information content (AvgIpc) is 3.28. The molecule has 3 N–H and O–H groups in total. The van der Waals surface area contributed by atoms with Crippen molar-refractivity contribution in [1.82, 2.24) is 16.2 Å². The summed E-state index contributed by atoms with van der Waals surface area (Å²) in [5, 5.41) is 3.02. The minimum absolute atomic E-state index is 0.0396. The zero-order valence-electron chi connectivity index (χ0n) is 11.1. The van der Waals surface area contributed by atoms with Gasteiger partial charge in [-0.15, -0.1) is 0 Å². The summed E-state index contributed by atoms with van der Waals surface area (Å²) in [7, 11) is 0. The Hall–Kier alpha value is -1.92. The Balaban J connectivity index is 1.77. The van der Waals surface area contributed by atoms with Gasteiger partial charge in [-0.2, -0.15) is 0 Å². The Bertz CT molecular complexity index is 600. The predicted molar refractivity (Wildman–Crippen MR) is 85.2 cm³/mol. The summed E-state index contributed by atoms with van der Waals surface area (Å²) in [4.78, 5) is 23.0. The maximum absolute atomic E-state index is 11.6. The summed E-state index contributed by atoms with van der Waals surface area (Å²) in [6.07, 6.45) is 4.70. The Morgan fingerprint density at radius 1 is 1.24 bits per heavy atom. The second kappa shape index (κ2) is 7.19. The number of carbonyl (C=O) groups is 2. The normalized spacial score (nSPS) is 13.8. The molecular formula is C14H14ClN3O2S. The third-order valence-electron chi connectivity index (χ3n) is 2.80. The summed E-state index contributed by atoms with van der Waals surface area (Å²) in [6.45, 7) is 0. The SMILES string of the molecule is O=C(C=Cc1ccccc1Cl)NC(=S)NNC(=O)C1CC1. The van der Waals surface area contributed by atoms with Gasteiger partial charge in [0, 0.05) is 17.0 Å². The highest BCUT2D eigenvalue weighted by Gasteiger charge is 2.29. The number of hydrazine groups is 1. The molecule has 1 aliphatic carbocycles. The van der Waals surface area contributed by atoms with Crippen molar-refractivity contribution in [2.24, 2.45) is 5.92 Å². The molecule has 1 aromatic carbocycles. The van der Waals surface area contributed by atoms with E-state index in [2.05, 4.69) is 16.2 Å². The van der Waals surface area contributed by atoms with Gasteiger partial charge >= 0.3 is 0 Å². The van der Waals surface area contributed by atoms with Crippen molar-refractivity contribution < 1.29 is 9.59 Å². The molecule has 2 rings (SSSR count). The molecule has 1 aliphatic rings. The molecular weight excluding hydrogens is 310 g/mol. The third-order valence-corrected chi connectivity index (χ3v) is 3.35. The van der Waals surface area contributed by atoms with E-state index >= 15 is 0 Å². The van der Waals surface area contributed by atoms with Gasteiger partial charge in [-0.1, -0.05) is 29.8 Å². The molecule has 110 valence electrons. The van der Waals surface area contributed by atoms with Gasteiger partial charge in [-0.25, -0.2) is 0 Å². The first-order chi connectivity index (χ1) is 10.1. The molecule has 2 amide bonds. The number of hydrogen-bond acceptors (Lipinski definition) is 3. The fourth-order valence-electron chi connectivity index (χ4n) is 1.53. The van der Waals surface area contributed by atoms with E-state index < -0.39 is 5.91 Å². The Labute approximate surface area is 132 Å². The number of rotatable bonds is 3. The second-order valence-corrected chi connectivity index (χ2v) is 5.38. The van der Waals surface area contributed by atoms with Crippen molar-refractivity contribution in [1.29, 1.82) is 0 Å². The molecule has 0 spiro atoms. The molecule has 0 radical (unpaired) electrons. The lowest BCUT2D eigenvalue weighted by Crippen LogP contribution is -2.48. The number of amides is 2. The fourth-order valence-corrected chi connectivity index (χ4v) is 1.88. The molecule has 0 saturated heterocycles. The standard InChI is InChI=1S/C14H14ClN3O2S/c15-11-4-2-1-3-9(11)7-8-12(19)16-14(21)18-17-13(20)10-5-6-10/h1-4,7-8,10H,5-6H2,(H,17,20)(H2,16,18,19,21). The maximum Gasteiger partial charge on any atom is 0.250 e. The zero-order chi connectivity index (χ0) is 15.2. The summed E-state index contributed by atoms with van der Waals surface area (Å²) in [6, 6.07) is 7.15. The summed E-state index contributed by atoms with van der Waals surface area (Å²) in [5.41, 5.74) is 5.66. The highest BCUT2D eigenvalue weighted by atomic mass is 35.5. The van der Waals surface area contributed by atoms with Crippen LogP contribution in [0.3, 0.4) is 0 Å². The Kier molecular flexibility index (Phi) is 5.30. The molecule has 0 aromatic heterocycles. The van der Waals surface area contributed by atoms with Crippen molar-refractivity contribution in [3.05, 3.63) is 40.9 Å². The van der Waals surface area contributed by atoms with E-state index in [-0.39, 0.29) is 16.9 Å². The summed E-state index contributed by atoms with van der Waals surface area (Å²) < 4.78 is 0. The third kappa shape index (κ3) is 5.17. The zero-order valence-corrected chi connectivity index (χ0v) is 12.6. The van der Waals surface area contributed by atoms with Gasteiger partial charge in [0.1, 0.15) is 0 Å². The van der Waals surface area contributed by atoms with Gasteiger partial charge in [0.05, 0.1) is 0 Å². The van der Waals surface area contributed by atoms with E-state index in [0.717, 1.165) is 18.4 Å². The number of carbonyl (C=O) groups excluding carboxylic acids is 2. The van der Waals surface area contributed by atoms with Crippen LogP contribution in [0.2, 0.25) is 5.02 Å². The van der Waals surface area contributed by atoms with Crippen LogP contribution in [0.25, 0.3) is 6.08 Å². The summed E-state index contributed by atoms with van der Waals surface area (Å²) >= 11 is 10.9. The van der Waals surface area contributed by atoms with E-state index in [1.165, 1.54) is 6.08 Å². The van der Waals surface area contributed by atoms with E-state index in [1.807, 2.05) is 6.07 Å². The predicted octanol–water partition coefficient (Wildman–Crippen LogP) is 1.79. The molecule has 0 unspecified atom stereocenters. The van der Waals surface area contributed by atoms with Crippen molar-refractivity contribution in [3.63, 3.8) is 0 Å². The quantitative estimate of drug-likeness (QED) is 0.450. The minimum atomic E-state index is -0.409. The second-order valence-electron chi connectivity index (χ2n) is 4.56. The van der Waals surface area contributed by atoms with E-state index in [1.54, 1.807) is 24.3 Å². The molecule has 0 atom stereocenters. The van der Waals surface area contributed by atoms with Crippen LogP contribution in [0.5, 0.6) is 0 Å². The lowest BCUT2D eigenvalue weighted by molar-refractivity contribution is -0.123. The number of hydrogen-bond donors (Lipinski definition) is 3. The molecule has 1 aromatic rings. The molecule has 7 heteroatoms. The van der Waals surface area contributed by atoms with Crippen LogP contribution in [-0.2, 0) is 9.59 Å². The first-order valence-corrected chi connectivity index (χ1v) is 7.18. The van der Waals surface area contributed by atoms with E-state index in [4.69, 9.17) is 23.8 Å². The van der Waals surface area contributed by atoms with Crippen molar-refractivity contribution in [2.75, 3.05) is 0 Å². The van der Waals surface area contributed by atoms with Crippen LogP contribution in [0.1, 0.15) is 18.4 Å². The van der Waals surface area contributed by atoms with Crippen molar-refractivity contribution >= 4 is 46.8 Å². The fraction of sp³-hybridized carbons (Fsp3) is 0.214. The molecule has 1 fully saturated rings. The number of nitrogens with one attached hydrogen (secondary N) is 3. The first-order valence-electron chi connectivity index (χ1n) is 6.39. The van der Waals surface area contributed by atoms with Gasteiger partial charge in [-0.05, 0) is 42.8 Å². The Morgan fingerprint density at radius 2 is 1.95 bits per heavy atom. The van der Waals surface area contributed by atoms with Crippen LogP contribution < -0.4 is 16.2 Å². The van der Waals surface area contributed by atoms with Gasteiger partial charge in [0.2, 0.25) is 11.8 Å². The summed E-state index contributed by atoms with van der Waals surface area (Å²) in [5.74, 6) is -0.456. The Morgan fingerprint density at radius 3 is 2.62 bits per heavy atom. The number of halogens is 1. The lowest BCUT2D eigenvalue weighted by Gasteiger charge is -2.08. The van der Waals surface area contributed by atoms with Gasteiger partial charge in [0.15, 0.2) is 5.11 Å².